The second-order valence-electron chi connectivity index (χ2n) is 4.42. The number of benzene rings is 1. The Hall–Kier alpha value is -0.600. The van der Waals surface area contributed by atoms with Gasteiger partial charge in [-0.05, 0) is 37.1 Å². The Labute approximate surface area is 108 Å². The molecule has 1 nitrogen and oxygen atoms in total. The molecule has 1 aromatic rings. The molecule has 0 aliphatic rings. The number of hydrogen-bond donors (Lipinski definition) is 1. The molecule has 0 aromatic heterocycles. The number of rotatable bonds is 6. The fraction of sp³-hybridized carbons (Fsp3) is 0.571. The van der Waals surface area contributed by atoms with Gasteiger partial charge in [0.2, 0.25) is 0 Å². The minimum atomic E-state index is -0.330. The van der Waals surface area contributed by atoms with Crippen molar-refractivity contribution in [1.29, 1.82) is 0 Å². The summed E-state index contributed by atoms with van der Waals surface area (Å²) in [5.41, 5.74) is 0.998. The Bertz CT molecular complexity index is 350. The van der Waals surface area contributed by atoms with Crippen LogP contribution in [0.2, 0.25) is 5.02 Å². The number of hydrogen-bond acceptors (Lipinski definition) is 1. The Balaban J connectivity index is 2.76. The van der Waals surface area contributed by atoms with Crippen LogP contribution in [0.3, 0.4) is 0 Å². The third kappa shape index (κ3) is 3.97. The van der Waals surface area contributed by atoms with Crippen LogP contribution in [0.1, 0.15) is 32.3 Å². The molecule has 0 bridgehead atoms. The van der Waals surface area contributed by atoms with Gasteiger partial charge in [-0.3, -0.25) is 0 Å². The van der Waals surface area contributed by atoms with Gasteiger partial charge < -0.3 is 5.32 Å². The lowest BCUT2D eigenvalue weighted by molar-refractivity contribution is 0.349. The van der Waals surface area contributed by atoms with E-state index in [4.69, 9.17) is 11.6 Å². The summed E-state index contributed by atoms with van der Waals surface area (Å²) in [7, 11) is 1.97. The molecular weight excluding hydrogens is 237 g/mol. The van der Waals surface area contributed by atoms with Crippen molar-refractivity contribution >= 4 is 11.6 Å². The fourth-order valence-electron chi connectivity index (χ4n) is 2.28. The van der Waals surface area contributed by atoms with E-state index in [2.05, 4.69) is 19.2 Å². The highest BCUT2D eigenvalue weighted by molar-refractivity contribution is 6.30. The van der Waals surface area contributed by atoms with Gasteiger partial charge in [0.15, 0.2) is 0 Å². The Morgan fingerprint density at radius 2 is 1.94 bits per heavy atom. The predicted molar refractivity (Wildman–Crippen MR) is 72.0 cm³/mol. The Kier molecular flexibility index (Phi) is 5.93. The summed E-state index contributed by atoms with van der Waals surface area (Å²) in [6, 6.07) is 5.46. The lowest BCUT2D eigenvalue weighted by Gasteiger charge is -2.25. The lowest BCUT2D eigenvalue weighted by atomic mass is 9.89. The van der Waals surface area contributed by atoms with E-state index in [1.54, 1.807) is 6.07 Å². The number of halogens is 2. The van der Waals surface area contributed by atoms with Crippen molar-refractivity contribution in [2.24, 2.45) is 5.92 Å². The van der Waals surface area contributed by atoms with Crippen LogP contribution < -0.4 is 5.32 Å². The average Bonchev–Trinajstić information content (AvgIpc) is 2.33. The standard InChI is InChI=1S/C14H21ClFN/c1-4-11(5-2)14(17-3)9-10-6-7-12(15)13(16)8-10/h6-8,11,14,17H,4-5,9H2,1-3H3. The third-order valence-corrected chi connectivity index (χ3v) is 3.73. The first-order valence-corrected chi connectivity index (χ1v) is 6.61. The molecule has 1 N–H and O–H groups in total. The van der Waals surface area contributed by atoms with Gasteiger partial charge in [0, 0.05) is 6.04 Å². The molecule has 3 heteroatoms. The van der Waals surface area contributed by atoms with Gasteiger partial charge in [0.1, 0.15) is 5.82 Å². The molecule has 0 saturated heterocycles. The molecule has 0 fully saturated rings. The molecule has 96 valence electrons. The van der Waals surface area contributed by atoms with Crippen molar-refractivity contribution in [3.05, 3.63) is 34.6 Å². The van der Waals surface area contributed by atoms with Gasteiger partial charge >= 0.3 is 0 Å². The summed E-state index contributed by atoms with van der Waals surface area (Å²) < 4.78 is 13.3. The maximum Gasteiger partial charge on any atom is 0.142 e. The molecule has 0 amide bonds. The molecule has 0 spiro atoms. The van der Waals surface area contributed by atoms with Gasteiger partial charge in [-0.2, -0.15) is 0 Å². The summed E-state index contributed by atoms with van der Waals surface area (Å²) in [5.74, 6) is 0.294. The first-order valence-electron chi connectivity index (χ1n) is 6.23. The minimum absolute atomic E-state index is 0.192. The third-order valence-electron chi connectivity index (χ3n) is 3.43. The minimum Gasteiger partial charge on any atom is -0.316 e. The van der Waals surface area contributed by atoms with Crippen LogP contribution in [-0.2, 0) is 6.42 Å². The molecule has 0 saturated carbocycles. The highest BCUT2D eigenvalue weighted by atomic mass is 35.5. The van der Waals surface area contributed by atoms with E-state index in [1.807, 2.05) is 13.1 Å². The van der Waals surface area contributed by atoms with Crippen LogP contribution in [0.25, 0.3) is 0 Å². The molecule has 17 heavy (non-hydrogen) atoms. The smallest absolute Gasteiger partial charge is 0.142 e. The maximum atomic E-state index is 13.3. The quantitative estimate of drug-likeness (QED) is 0.811. The number of likely N-dealkylation sites (N-methyl/N-ethyl adjacent to an activating group) is 1. The zero-order valence-corrected chi connectivity index (χ0v) is 11.5. The van der Waals surface area contributed by atoms with E-state index in [9.17, 15) is 4.39 Å². The highest BCUT2D eigenvalue weighted by Crippen LogP contribution is 2.20. The van der Waals surface area contributed by atoms with E-state index < -0.39 is 0 Å². The van der Waals surface area contributed by atoms with Gasteiger partial charge in [0.25, 0.3) is 0 Å². The first-order chi connectivity index (χ1) is 8.12. The maximum absolute atomic E-state index is 13.3. The molecule has 0 aliphatic carbocycles. The van der Waals surface area contributed by atoms with E-state index in [-0.39, 0.29) is 10.8 Å². The topological polar surface area (TPSA) is 12.0 Å². The Morgan fingerprint density at radius 3 is 2.41 bits per heavy atom. The second kappa shape index (κ2) is 6.97. The SMILES string of the molecule is CCC(CC)C(Cc1ccc(Cl)c(F)c1)NC. The van der Waals surface area contributed by atoms with Crippen molar-refractivity contribution in [2.75, 3.05) is 7.05 Å². The van der Waals surface area contributed by atoms with Crippen LogP contribution in [0.15, 0.2) is 18.2 Å². The monoisotopic (exact) mass is 257 g/mol. The summed E-state index contributed by atoms with van der Waals surface area (Å²) in [6.07, 6.45) is 3.12. The van der Waals surface area contributed by atoms with Crippen LogP contribution in [-0.4, -0.2) is 13.1 Å². The van der Waals surface area contributed by atoms with Crippen LogP contribution >= 0.6 is 11.6 Å². The average molecular weight is 258 g/mol. The van der Waals surface area contributed by atoms with Gasteiger partial charge in [0.05, 0.1) is 5.02 Å². The molecule has 0 aliphatic heterocycles. The molecule has 1 unspecified atom stereocenters. The predicted octanol–water partition coefficient (Wildman–Crippen LogP) is 4.05. The Morgan fingerprint density at radius 1 is 1.29 bits per heavy atom. The van der Waals surface area contributed by atoms with Crippen LogP contribution in [0.4, 0.5) is 4.39 Å². The van der Waals surface area contributed by atoms with Crippen molar-refractivity contribution in [3.8, 4) is 0 Å². The number of nitrogens with one attached hydrogen (secondary N) is 1. The second-order valence-corrected chi connectivity index (χ2v) is 4.83. The first kappa shape index (κ1) is 14.5. The molecular formula is C14H21ClFN. The summed E-state index contributed by atoms with van der Waals surface area (Å²) in [5, 5.41) is 3.52. The molecule has 1 aromatic carbocycles. The van der Waals surface area contributed by atoms with Gasteiger partial charge in [-0.1, -0.05) is 44.4 Å². The normalized spacial score (nSPS) is 13.1. The fourth-order valence-corrected chi connectivity index (χ4v) is 2.40. The lowest BCUT2D eigenvalue weighted by Crippen LogP contribution is -2.35. The summed E-state index contributed by atoms with van der Waals surface area (Å²) in [6.45, 7) is 4.39. The largest absolute Gasteiger partial charge is 0.316 e. The van der Waals surface area contributed by atoms with Crippen LogP contribution in [0, 0.1) is 11.7 Å². The van der Waals surface area contributed by atoms with E-state index in [0.717, 1.165) is 24.8 Å². The van der Waals surface area contributed by atoms with Crippen LogP contribution in [0.5, 0.6) is 0 Å². The zero-order valence-electron chi connectivity index (χ0n) is 10.8. The van der Waals surface area contributed by atoms with Crippen molar-refractivity contribution in [2.45, 2.75) is 39.2 Å². The molecule has 1 rings (SSSR count). The summed E-state index contributed by atoms with van der Waals surface area (Å²) in [4.78, 5) is 0. The van der Waals surface area contributed by atoms with Gasteiger partial charge in [-0.25, -0.2) is 4.39 Å². The zero-order chi connectivity index (χ0) is 12.8. The van der Waals surface area contributed by atoms with Crippen molar-refractivity contribution in [3.63, 3.8) is 0 Å². The highest BCUT2D eigenvalue weighted by Gasteiger charge is 2.17. The van der Waals surface area contributed by atoms with E-state index >= 15 is 0 Å². The molecule has 0 heterocycles. The van der Waals surface area contributed by atoms with Crippen molar-refractivity contribution in [1.82, 2.24) is 5.32 Å². The van der Waals surface area contributed by atoms with E-state index in [0.29, 0.717) is 12.0 Å². The molecule has 1 atom stereocenters. The van der Waals surface area contributed by atoms with Gasteiger partial charge in [-0.15, -0.1) is 0 Å². The van der Waals surface area contributed by atoms with Crippen molar-refractivity contribution < 1.29 is 4.39 Å². The molecule has 0 radical (unpaired) electrons. The summed E-state index contributed by atoms with van der Waals surface area (Å²) >= 11 is 5.68. The van der Waals surface area contributed by atoms with E-state index in [1.165, 1.54) is 6.07 Å².